The second-order valence-corrected chi connectivity index (χ2v) is 8.91. The second-order valence-electron chi connectivity index (χ2n) is 7.80. The predicted octanol–water partition coefficient (Wildman–Crippen LogP) is 3.95. The summed E-state index contributed by atoms with van der Waals surface area (Å²) in [5.74, 6) is 0.150. The summed E-state index contributed by atoms with van der Waals surface area (Å²) >= 11 is 3.56. The van der Waals surface area contributed by atoms with E-state index in [-0.39, 0.29) is 33.8 Å². The van der Waals surface area contributed by atoms with Crippen LogP contribution in [0.5, 0.6) is 5.75 Å². The van der Waals surface area contributed by atoms with Crippen LogP contribution in [0.1, 0.15) is 43.2 Å². The molecule has 5 heteroatoms. The molecule has 0 aliphatic heterocycles. The molecule has 0 unspecified atom stereocenters. The second kappa shape index (κ2) is 5.53. The topological polar surface area (TPSA) is 46.5 Å². The Kier molecular flexibility index (Phi) is 3.81. The van der Waals surface area contributed by atoms with E-state index in [2.05, 4.69) is 22.9 Å². The Balaban J connectivity index is 1.81. The summed E-state index contributed by atoms with van der Waals surface area (Å²) in [6.45, 7) is 2.08. The maximum absolute atomic E-state index is 14.0. The van der Waals surface area contributed by atoms with Crippen molar-refractivity contribution in [3.8, 4) is 5.75 Å². The van der Waals surface area contributed by atoms with Crippen LogP contribution in [0, 0.1) is 23.1 Å². The smallest absolute Gasteiger partial charge is 0.165 e. The lowest BCUT2D eigenvalue weighted by Gasteiger charge is -2.51. The van der Waals surface area contributed by atoms with E-state index in [1.807, 2.05) is 0 Å². The van der Waals surface area contributed by atoms with E-state index in [4.69, 9.17) is 4.74 Å². The lowest BCUT2D eigenvalue weighted by atomic mass is 9.54. The van der Waals surface area contributed by atoms with Gasteiger partial charge in [0.1, 0.15) is 0 Å². The van der Waals surface area contributed by atoms with E-state index < -0.39 is 5.82 Å². The number of carbonyl (C=O) groups is 1. The van der Waals surface area contributed by atoms with E-state index in [0.29, 0.717) is 18.3 Å². The maximum Gasteiger partial charge on any atom is 0.165 e. The number of methoxy groups -OCH3 is 1. The molecule has 3 nitrogen and oxygen atoms in total. The van der Waals surface area contributed by atoms with Crippen molar-refractivity contribution < 1.29 is 19.0 Å². The Morgan fingerprint density at radius 2 is 2.17 bits per heavy atom. The number of alkyl halides is 1. The van der Waals surface area contributed by atoms with Crippen LogP contribution in [0.4, 0.5) is 4.39 Å². The quantitative estimate of drug-likeness (QED) is 0.730. The highest BCUT2D eigenvalue weighted by Crippen LogP contribution is 2.61. The number of Topliss-reactive ketones (excluding diaryl/α,β-unsaturated/α-hetero) is 1. The van der Waals surface area contributed by atoms with Gasteiger partial charge in [-0.3, -0.25) is 4.79 Å². The predicted molar refractivity (Wildman–Crippen MR) is 92.0 cm³/mol. The molecular formula is C19H22BrFO3. The zero-order valence-corrected chi connectivity index (χ0v) is 15.5. The molecule has 0 aromatic heterocycles. The Labute approximate surface area is 149 Å². The van der Waals surface area contributed by atoms with E-state index in [0.717, 1.165) is 30.4 Å². The summed E-state index contributed by atoms with van der Waals surface area (Å²) in [6, 6.07) is 3.05. The molecular weight excluding hydrogens is 375 g/mol. The normalized spacial score (nSPS) is 40.8. The van der Waals surface area contributed by atoms with Crippen molar-refractivity contribution in [3.63, 3.8) is 0 Å². The summed E-state index contributed by atoms with van der Waals surface area (Å²) in [5.41, 5.74) is 1.62. The van der Waals surface area contributed by atoms with Crippen LogP contribution >= 0.6 is 15.9 Å². The molecule has 2 fully saturated rings. The van der Waals surface area contributed by atoms with Gasteiger partial charge in [-0.25, -0.2) is 4.39 Å². The minimum atomic E-state index is -0.571. The SMILES string of the molecule is CO[C@H]1C[C@]2(C)C(=O)[C@H](Br)C[C@H]2[C@@H]2CCc3cc(O)c(F)cc3[C@H]21. The van der Waals surface area contributed by atoms with Gasteiger partial charge in [0.25, 0.3) is 0 Å². The highest BCUT2D eigenvalue weighted by Gasteiger charge is 2.60. The summed E-state index contributed by atoms with van der Waals surface area (Å²) in [7, 11) is 1.68. The number of fused-ring (bicyclic) bond motifs is 5. The van der Waals surface area contributed by atoms with Crippen LogP contribution in [-0.4, -0.2) is 28.9 Å². The minimum absolute atomic E-state index is 0.0818. The number of ketones is 1. The molecule has 0 bridgehead atoms. The first-order chi connectivity index (χ1) is 11.4. The van der Waals surface area contributed by atoms with Crippen molar-refractivity contribution >= 4 is 21.7 Å². The van der Waals surface area contributed by atoms with Crippen molar-refractivity contribution in [3.05, 3.63) is 29.1 Å². The van der Waals surface area contributed by atoms with Gasteiger partial charge in [0, 0.05) is 18.4 Å². The molecule has 3 aliphatic rings. The fourth-order valence-corrected chi connectivity index (χ4v) is 6.54. The average Bonchev–Trinajstić information content (AvgIpc) is 2.78. The van der Waals surface area contributed by atoms with Crippen molar-refractivity contribution in [2.45, 2.75) is 49.5 Å². The van der Waals surface area contributed by atoms with E-state index >= 15 is 0 Å². The minimum Gasteiger partial charge on any atom is -0.505 e. The first-order valence-corrected chi connectivity index (χ1v) is 9.51. The summed E-state index contributed by atoms with van der Waals surface area (Å²) in [6.07, 6.45) is 3.20. The molecule has 0 radical (unpaired) electrons. The number of benzene rings is 1. The van der Waals surface area contributed by atoms with Gasteiger partial charge in [-0.1, -0.05) is 22.9 Å². The molecule has 0 saturated heterocycles. The van der Waals surface area contributed by atoms with E-state index in [1.165, 1.54) is 6.07 Å². The van der Waals surface area contributed by atoms with Gasteiger partial charge in [-0.05, 0) is 60.8 Å². The Hall–Kier alpha value is -0.940. The monoisotopic (exact) mass is 396 g/mol. The number of phenolic OH excluding ortho intramolecular Hbond substituents is 1. The zero-order valence-electron chi connectivity index (χ0n) is 13.9. The number of halogens is 2. The number of hydrogen-bond acceptors (Lipinski definition) is 3. The first kappa shape index (κ1) is 16.5. The first-order valence-electron chi connectivity index (χ1n) is 8.59. The molecule has 4 rings (SSSR count). The lowest BCUT2D eigenvalue weighted by Crippen LogP contribution is -2.49. The third kappa shape index (κ3) is 2.13. The van der Waals surface area contributed by atoms with Crippen LogP contribution in [-0.2, 0) is 16.0 Å². The van der Waals surface area contributed by atoms with E-state index in [9.17, 15) is 14.3 Å². The standard InChI is InChI=1S/C19H22BrFO3/c1-19-8-16(24-2)17-10(12(19)7-13(20)18(19)23)4-3-9-5-15(22)14(21)6-11(9)17/h5-6,10,12-13,16-17,22H,3-4,7-8H2,1-2H3/t10-,12-,13+,16-,17-,19-/m0/s1. The molecule has 24 heavy (non-hydrogen) atoms. The number of phenols is 1. The number of aromatic hydroxyl groups is 1. The molecule has 1 aromatic carbocycles. The maximum atomic E-state index is 14.0. The Morgan fingerprint density at radius 3 is 2.88 bits per heavy atom. The van der Waals surface area contributed by atoms with Crippen LogP contribution in [0.3, 0.4) is 0 Å². The summed E-state index contributed by atoms with van der Waals surface area (Å²) < 4.78 is 19.8. The van der Waals surface area contributed by atoms with Gasteiger partial charge in [-0.2, -0.15) is 0 Å². The molecule has 2 saturated carbocycles. The molecule has 3 aliphatic carbocycles. The molecule has 130 valence electrons. The Bertz CT molecular complexity index is 706. The fraction of sp³-hybridized carbons (Fsp3) is 0.632. The van der Waals surface area contributed by atoms with Crippen molar-refractivity contribution in [2.75, 3.05) is 7.11 Å². The molecule has 1 N–H and O–H groups in total. The van der Waals surface area contributed by atoms with Gasteiger partial charge >= 0.3 is 0 Å². The van der Waals surface area contributed by atoms with Crippen LogP contribution in [0.15, 0.2) is 12.1 Å². The lowest BCUT2D eigenvalue weighted by molar-refractivity contribution is -0.134. The van der Waals surface area contributed by atoms with Gasteiger partial charge in [-0.15, -0.1) is 0 Å². The molecule has 0 heterocycles. The number of ether oxygens (including phenoxy) is 1. The van der Waals surface area contributed by atoms with Gasteiger partial charge in [0.2, 0.25) is 0 Å². The zero-order chi connectivity index (χ0) is 17.2. The summed E-state index contributed by atoms with van der Waals surface area (Å²) in [4.78, 5) is 12.7. The molecule has 6 atom stereocenters. The average molecular weight is 397 g/mol. The number of carbonyl (C=O) groups excluding carboxylic acids is 1. The van der Waals surface area contributed by atoms with Crippen molar-refractivity contribution in [1.82, 2.24) is 0 Å². The third-order valence-electron chi connectivity index (χ3n) is 6.75. The van der Waals surface area contributed by atoms with Crippen LogP contribution in [0.2, 0.25) is 0 Å². The third-order valence-corrected chi connectivity index (χ3v) is 7.54. The highest BCUT2D eigenvalue weighted by atomic mass is 79.9. The molecule has 1 aromatic rings. The van der Waals surface area contributed by atoms with E-state index in [1.54, 1.807) is 13.2 Å². The highest BCUT2D eigenvalue weighted by molar-refractivity contribution is 9.10. The molecule has 0 spiro atoms. The van der Waals surface area contributed by atoms with Crippen molar-refractivity contribution in [1.29, 1.82) is 0 Å². The van der Waals surface area contributed by atoms with Crippen molar-refractivity contribution in [2.24, 2.45) is 17.3 Å². The number of rotatable bonds is 1. The number of aryl methyl sites for hydroxylation is 1. The number of hydrogen-bond donors (Lipinski definition) is 1. The Morgan fingerprint density at radius 1 is 1.42 bits per heavy atom. The van der Waals surface area contributed by atoms with Gasteiger partial charge < -0.3 is 9.84 Å². The van der Waals surface area contributed by atoms with Crippen LogP contribution in [0.25, 0.3) is 0 Å². The van der Waals surface area contributed by atoms with Crippen LogP contribution < -0.4 is 0 Å². The molecule has 0 amide bonds. The largest absolute Gasteiger partial charge is 0.505 e. The van der Waals surface area contributed by atoms with Gasteiger partial charge in [0.15, 0.2) is 17.3 Å². The van der Waals surface area contributed by atoms with Gasteiger partial charge in [0.05, 0.1) is 10.9 Å². The fourth-order valence-electron chi connectivity index (χ4n) is 5.61. The summed E-state index contributed by atoms with van der Waals surface area (Å²) in [5, 5.41) is 9.70.